The van der Waals surface area contributed by atoms with Crippen molar-refractivity contribution in [2.75, 3.05) is 13.1 Å². The lowest BCUT2D eigenvalue weighted by Crippen LogP contribution is -2.31. The zero-order valence-corrected chi connectivity index (χ0v) is 9.73. The van der Waals surface area contributed by atoms with Gasteiger partial charge in [0.25, 0.3) is 0 Å². The molecule has 4 heteroatoms. The zero-order valence-electron chi connectivity index (χ0n) is 9.73. The van der Waals surface area contributed by atoms with E-state index in [1.807, 2.05) is 6.33 Å². The van der Waals surface area contributed by atoms with E-state index in [1.54, 1.807) is 0 Å². The minimum atomic E-state index is 0.760. The molecule has 1 aromatic rings. The van der Waals surface area contributed by atoms with E-state index >= 15 is 0 Å². The van der Waals surface area contributed by atoms with Crippen molar-refractivity contribution in [3.05, 3.63) is 12.2 Å². The molecule has 3 rings (SSSR count). The molecule has 4 nitrogen and oxygen atoms in total. The molecule has 1 atom stereocenters. The Hall–Kier alpha value is -0.900. The quantitative estimate of drug-likeness (QED) is 0.830. The first-order valence-corrected chi connectivity index (χ1v) is 6.49. The number of aromatic nitrogens is 3. The lowest BCUT2D eigenvalue weighted by atomic mass is 9.96. The van der Waals surface area contributed by atoms with Crippen LogP contribution < -0.4 is 5.32 Å². The zero-order chi connectivity index (χ0) is 10.8. The topological polar surface area (TPSA) is 42.7 Å². The highest BCUT2D eigenvalue weighted by Gasteiger charge is 2.24. The first kappa shape index (κ1) is 10.3. The minimum Gasteiger partial charge on any atom is -0.317 e. The number of hydrogen-bond donors (Lipinski definition) is 1. The molecule has 0 amide bonds. The van der Waals surface area contributed by atoms with Crippen molar-refractivity contribution < 1.29 is 0 Å². The molecule has 1 aliphatic heterocycles. The molecular weight excluding hydrogens is 200 g/mol. The second-order valence-electron chi connectivity index (χ2n) is 5.26. The van der Waals surface area contributed by atoms with E-state index in [0.29, 0.717) is 0 Å². The Morgan fingerprint density at radius 3 is 3.00 bits per heavy atom. The van der Waals surface area contributed by atoms with Gasteiger partial charge in [0, 0.05) is 13.0 Å². The Morgan fingerprint density at radius 1 is 1.31 bits per heavy atom. The molecule has 2 aliphatic rings. The molecule has 1 aliphatic carbocycles. The lowest BCUT2D eigenvalue weighted by Gasteiger charge is -2.22. The highest BCUT2D eigenvalue weighted by Crippen LogP contribution is 2.31. The van der Waals surface area contributed by atoms with Crippen LogP contribution >= 0.6 is 0 Å². The SMILES string of the molecule is c1nnc(C[C@H]2CCCNC2)n1CC1CC1. The van der Waals surface area contributed by atoms with Crippen LogP contribution in [0.25, 0.3) is 0 Å². The minimum absolute atomic E-state index is 0.760. The van der Waals surface area contributed by atoms with Crippen molar-refractivity contribution >= 4 is 0 Å². The highest BCUT2D eigenvalue weighted by molar-refractivity contribution is 4.91. The van der Waals surface area contributed by atoms with Gasteiger partial charge in [0.1, 0.15) is 12.2 Å². The average Bonchev–Trinajstić information content (AvgIpc) is 3.02. The first-order valence-electron chi connectivity index (χ1n) is 6.49. The van der Waals surface area contributed by atoms with Crippen molar-refractivity contribution in [2.45, 2.75) is 38.6 Å². The predicted octanol–water partition coefficient (Wildman–Crippen LogP) is 1.23. The van der Waals surface area contributed by atoms with Crippen LogP contribution in [0.15, 0.2) is 6.33 Å². The van der Waals surface area contributed by atoms with E-state index < -0.39 is 0 Å². The first-order chi connectivity index (χ1) is 7.92. The van der Waals surface area contributed by atoms with Crippen LogP contribution in [0.5, 0.6) is 0 Å². The summed E-state index contributed by atoms with van der Waals surface area (Å²) in [4.78, 5) is 0. The fourth-order valence-electron chi connectivity index (χ4n) is 2.52. The summed E-state index contributed by atoms with van der Waals surface area (Å²) in [6.07, 6.45) is 8.43. The van der Waals surface area contributed by atoms with Gasteiger partial charge in [0.05, 0.1) is 0 Å². The van der Waals surface area contributed by atoms with E-state index in [1.165, 1.54) is 38.1 Å². The van der Waals surface area contributed by atoms with E-state index in [2.05, 4.69) is 20.1 Å². The molecule has 88 valence electrons. The molecule has 0 unspecified atom stereocenters. The van der Waals surface area contributed by atoms with Gasteiger partial charge in [0.2, 0.25) is 0 Å². The summed E-state index contributed by atoms with van der Waals surface area (Å²) >= 11 is 0. The summed E-state index contributed by atoms with van der Waals surface area (Å²) in [5, 5.41) is 11.8. The molecule has 1 saturated carbocycles. The molecule has 0 bridgehead atoms. The Labute approximate surface area is 96.4 Å². The van der Waals surface area contributed by atoms with Crippen molar-refractivity contribution in [3.8, 4) is 0 Å². The number of piperidine rings is 1. The summed E-state index contributed by atoms with van der Waals surface area (Å²) in [6.45, 7) is 3.48. The molecule has 0 spiro atoms. The fraction of sp³-hybridized carbons (Fsp3) is 0.833. The van der Waals surface area contributed by atoms with Gasteiger partial charge < -0.3 is 9.88 Å². The summed E-state index contributed by atoms with van der Waals surface area (Å²) in [7, 11) is 0. The number of hydrogen-bond acceptors (Lipinski definition) is 3. The number of nitrogens with zero attached hydrogens (tertiary/aromatic N) is 3. The van der Waals surface area contributed by atoms with E-state index in [-0.39, 0.29) is 0 Å². The standard InChI is InChI=1S/C12H20N4/c1-2-11(7-13-5-1)6-12-15-14-9-16(12)8-10-3-4-10/h9-11,13H,1-8H2/t11-/m1/s1. The summed E-state index contributed by atoms with van der Waals surface area (Å²) < 4.78 is 2.27. The van der Waals surface area contributed by atoms with Gasteiger partial charge in [-0.1, -0.05) is 0 Å². The molecule has 1 N–H and O–H groups in total. The third-order valence-electron chi connectivity index (χ3n) is 3.72. The van der Waals surface area contributed by atoms with Gasteiger partial charge in [-0.2, -0.15) is 0 Å². The van der Waals surface area contributed by atoms with Gasteiger partial charge in [-0.15, -0.1) is 10.2 Å². The maximum Gasteiger partial charge on any atom is 0.133 e. The summed E-state index contributed by atoms with van der Waals surface area (Å²) in [5.41, 5.74) is 0. The Balaban J connectivity index is 1.61. The van der Waals surface area contributed by atoms with Gasteiger partial charge in [0.15, 0.2) is 0 Å². The predicted molar refractivity (Wildman–Crippen MR) is 62.0 cm³/mol. The molecule has 0 radical (unpaired) electrons. The Kier molecular flexibility index (Phi) is 2.91. The van der Waals surface area contributed by atoms with Crippen molar-refractivity contribution in [2.24, 2.45) is 11.8 Å². The molecular formula is C12H20N4. The van der Waals surface area contributed by atoms with Crippen LogP contribution in [0.1, 0.15) is 31.5 Å². The second-order valence-corrected chi connectivity index (χ2v) is 5.26. The second kappa shape index (κ2) is 4.53. The van der Waals surface area contributed by atoms with Gasteiger partial charge in [-0.25, -0.2) is 0 Å². The average molecular weight is 220 g/mol. The normalized spacial score (nSPS) is 25.9. The molecule has 0 aromatic carbocycles. The Bertz CT molecular complexity index is 337. The molecule has 1 saturated heterocycles. The van der Waals surface area contributed by atoms with E-state index in [4.69, 9.17) is 0 Å². The number of nitrogens with one attached hydrogen (secondary N) is 1. The lowest BCUT2D eigenvalue weighted by molar-refractivity contribution is 0.365. The van der Waals surface area contributed by atoms with Crippen molar-refractivity contribution in [3.63, 3.8) is 0 Å². The molecule has 2 heterocycles. The van der Waals surface area contributed by atoms with Crippen molar-refractivity contribution in [1.29, 1.82) is 0 Å². The van der Waals surface area contributed by atoms with Gasteiger partial charge in [-0.3, -0.25) is 0 Å². The van der Waals surface area contributed by atoms with E-state index in [9.17, 15) is 0 Å². The largest absolute Gasteiger partial charge is 0.317 e. The van der Waals surface area contributed by atoms with Gasteiger partial charge >= 0.3 is 0 Å². The van der Waals surface area contributed by atoms with Crippen LogP contribution in [-0.4, -0.2) is 27.9 Å². The van der Waals surface area contributed by atoms with Crippen LogP contribution in [0.4, 0.5) is 0 Å². The van der Waals surface area contributed by atoms with Crippen LogP contribution in [-0.2, 0) is 13.0 Å². The van der Waals surface area contributed by atoms with E-state index in [0.717, 1.165) is 31.3 Å². The smallest absolute Gasteiger partial charge is 0.133 e. The van der Waals surface area contributed by atoms with Crippen LogP contribution in [0, 0.1) is 11.8 Å². The maximum absolute atomic E-state index is 4.28. The summed E-state index contributed by atoms with van der Waals surface area (Å²) in [6, 6.07) is 0. The third-order valence-corrected chi connectivity index (χ3v) is 3.72. The van der Waals surface area contributed by atoms with Crippen LogP contribution in [0.2, 0.25) is 0 Å². The van der Waals surface area contributed by atoms with Crippen molar-refractivity contribution in [1.82, 2.24) is 20.1 Å². The Morgan fingerprint density at radius 2 is 2.25 bits per heavy atom. The monoisotopic (exact) mass is 220 g/mol. The highest BCUT2D eigenvalue weighted by atomic mass is 15.3. The number of rotatable bonds is 4. The van der Waals surface area contributed by atoms with Gasteiger partial charge in [-0.05, 0) is 50.6 Å². The summed E-state index contributed by atoms with van der Waals surface area (Å²) in [5.74, 6) is 2.86. The molecule has 1 aromatic heterocycles. The molecule has 2 fully saturated rings. The van der Waals surface area contributed by atoms with Crippen LogP contribution in [0.3, 0.4) is 0 Å². The molecule has 16 heavy (non-hydrogen) atoms. The fourth-order valence-corrected chi connectivity index (χ4v) is 2.52. The third kappa shape index (κ3) is 2.43. The maximum atomic E-state index is 4.28.